The fourth-order valence-electron chi connectivity index (χ4n) is 11.6. The summed E-state index contributed by atoms with van der Waals surface area (Å²) < 4.78 is 6.39. The van der Waals surface area contributed by atoms with E-state index in [9.17, 15) is 0 Å². The number of fused-ring (bicyclic) bond motifs is 15. The van der Waals surface area contributed by atoms with E-state index in [1.165, 1.54) is 88.3 Å². The molecule has 302 valence electrons. The number of nitrogens with zero attached hydrogens (tertiary/aromatic N) is 1. The van der Waals surface area contributed by atoms with Gasteiger partial charge in [0.05, 0.1) is 11.1 Å². The van der Waals surface area contributed by atoms with Crippen LogP contribution in [0.1, 0.15) is 22.3 Å². The van der Waals surface area contributed by atoms with Crippen molar-refractivity contribution in [1.29, 1.82) is 0 Å². The van der Waals surface area contributed by atoms with Gasteiger partial charge in [-0.05, 0) is 125 Å². The lowest BCUT2D eigenvalue weighted by Crippen LogP contribution is -2.26. The lowest BCUT2D eigenvalue weighted by atomic mass is 9.70. The van der Waals surface area contributed by atoms with Crippen LogP contribution in [0.2, 0.25) is 0 Å². The topological polar surface area (TPSA) is 16.4 Å². The Bertz CT molecular complexity index is 3860. The Morgan fingerprint density at radius 1 is 0.308 bits per heavy atom. The van der Waals surface area contributed by atoms with Gasteiger partial charge in [0.15, 0.2) is 0 Å². The minimum Gasteiger partial charge on any atom is -0.456 e. The van der Waals surface area contributed by atoms with Gasteiger partial charge in [0.2, 0.25) is 0 Å². The Kier molecular flexibility index (Phi) is 7.64. The van der Waals surface area contributed by atoms with E-state index in [1.54, 1.807) is 0 Å². The van der Waals surface area contributed by atoms with E-state index in [1.807, 2.05) is 6.07 Å². The van der Waals surface area contributed by atoms with E-state index in [-0.39, 0.29) is 0 Å². The first kappa shape index (κ1) is 36.1. The number of hydrogen-bond acceptors (Lipinski definition) is 2. The van der Waals surface area contributed by atoms with Gasteiger partial charge in [-0.2, -0.15) is 0 Å². The molecule has 0 unspecified atom stereocenters. The molecule has 12 aromatic rings. The van der Waals surface area contributed by atoms with Crippen molar-refractivity contribution in [3.8, 4) is 44.5 Å². The summed E-state index contributed by atoms with van der Waals surface area (Å²) in [5.74, 6) is 0. The molecular weight excluding hydrogens is 787 g/mol. The Morgan fingerprint density at radius 2 is 0.800 bits per heavy atom. The third-order valence-corrected chi connectivity index (χ3v) is 14.3. The molecule has 0 N–H and O–H groups in total. The molecule has 11 aromatic carbocycles. The SMILES string of the molecule is c1ccc2c(c1)-c1ccccc1C21c2ccccc2-c2c(N(c3ccc(-c4cccc5c(-c6cccc7ccccc67)cccc45)cc3)c3ccc4oc5ccccc5c4c3)cccc21. The van der Waals surface area contributed by atoms with Gasteiger partial charge in [-0.3, -0.25) is 0 Å². The zero-order valence-electron chi connectivity index (χ0n) is 35.4. The number of anilines is 3. The Morgan fingerprint density at radius 3 is 1.57 bits per heavy atom. The summed E-state index contributed by atoms with van der Waals surface area (Å²) in [4.78, 5) is 2.47. The number of rotatable bonds is 5. The van der Waals surface area contributed by atoms with Gasteiger partial charge >= 0.3 is 0 Å². The van der Waals surface area contributed by atoms with Crippen molar-refractivity contribution >= 4 is 60.5 Å². The van der Waals surface area contributed by atoms with Crippen molar-refractivity contribution in [2.45, 2.75) is 5.41 Å². The van der Waals surface area contributed by atoms with E-state index in [0.717, 1.165) is 39.0 Å². The van der Waals surface area contributed by atoms with Gasteiger partial charge < -0.3 is 9.32 Å². The number of benzene rings is 11. The molecule has 1 aromatic heterocycles. The predicted molar refractivity (Wildman–Crippen MR) is 271 cm³/mol. The van der Waals surface area contributed by atoms with Crippen molar-refractivity contribution in [2.24, 2.45) is 0 Å². The highest BCUT2D eigenvalue weighted by atomic mass is 16.3. The highest BCUT2D eigenvalue weighted by Crippen LogP contribution is 2.64. The molecule has 1 heterocycles. The number of para-hydroxylation sites is 1. The lowest BCUT2D eigenvalue weighted by molar-refractivity contribution is 0.669. The normalized spacial score (nSPS) is 13.0. The maximum Gasteiger partial charge on any atom is 0.135 e. The van der Waals surface area contributed by atoms with Crippen LogP contribution < -0.4 is 4.90 Å². The van der Waals surface area contributed by atoms with Crippen molar-refractivity contribution in [1.82, 2.24) is 0 Å². The first-order chi connectivity index (χ1) is 32.3. The molecule has 0 radical (unpaired) electrons. The number of hydrogen-bond donors (Lipinski definition) is 0. The first-order valence-electron chi connectivity index (χ1n) is 22.5. The Labute approximate surface area is 376 Å². The molecule has 0 aliphatic heterocycles. The van der Waals surface area contributed by atoms with E-state index in [4.69, 9.17) is 4.42 Å². The molecule has 2 aliphatic rings. The zero-order valence-corrected chi connectivity index (χ0v) is 35.4. The van der Waals surface area contributed by atoms with Gasteiger partial charge in [0, 0.05) is 27.7 Å². The molecule has 0 fully saturated rings. The van der Waals surface area contributed by atoms with E-state index >= 15 is 0 Å². The second kappa shape index (κ2) is 13.8. The molecule has 0 atom stereocenters. The summed E-state index contributed by atoms with van der Waals surface area (Å²) in [6.07, 6.45) is 0. The third kappa shape index (κ3) is 5.05. The van der Waals surface area contributed by atoms with Crippen LogP contribution in [0.5, 0.6) is 0 Å². The second-order valence-electron chi connectivity index (χ2n) is 17.5. The maximum absolute atomic E-state index is 6.39. The molecule has 2 aliphatic carbocycles. The molecular formula is C63H39NO. The highest BCUT2D eigenvalue weighted by Gasteiger charge is 2.52. The van der Waals surface area contributed by atoms with E-state index < -0.39 is 5.41 Å². The molecule has 0 bridgehead atoms. The average Bonchev–Trinajstić information content (AvgIpc) is 4.00. The summed E-state index contributed by atoms with van der Waals surface area (Å²) in [5, 5.41) is 7.20. The van der Waals surface area contributed by atoms with Gasteiger partial charge in [0.25, 0.3) is 0 Å². The quantitative estimate of drug-likeness (QED) is 0.172. The van der Waals surface area contributed by atoms with E-state index in [2.05, 4.69) is 235 Å². The fraction of sp³-hybridized carbons (Fsp3) is 0.0159. The van der Waals surface area contributed by atoms with Crippen molar-refractivity contribution in [3.05, 3.63) is 259 Å². The van der Waals surface area contributed by atoms with Crippen molar-refractivity contribution < 1.29 is 4.42 Å². The first-order valence-corrected chi connectivity index (χ1v) is 22.5. The van der Waals surface area contributed by atoms with Crippen LogP contribution in [-0.2, 0) is 5.41 Å². The largest absolute Gasteiger partial charge is 0.456 e. The van der Waals surface area contributed by atoms with Crippen LogP contribution >= 0.6 is 0 Å². The zero-order chi connectivity index (χ0) is 42.6. The van der Waals surface area contributed by atoms with Crippen LogP contribution in [0.25, 0.3) is 88.0 Å². The Hall–Kier alpha value is -8.46. The molecule has 0 saturated heterocycles. The summed E-state index contributed by atoms with van der Waals surface area (Å²) >= 11 is 0. The lowest BCUT2D eigenvalue weighted by Gasteiger charge is -2.32. The second-order valence-corrected chi connectivity index (χ2v) is 17.5. The summed E-state index contributed by atoms with van der Waals surface area (Å²) in [7, 11) is 0. The summed E-state index contributed by atoms with van der Waals surface area (Å²) in [6.45, 7) is 0. The van der Waals surface area contributed by atoms with Crippen LogP contribution in [-0.4, -0.2) is 0 Å². The third-order valence-electron chi connectivity index (χ3n) is 14.3. The van der Waals surface area contributed by atoms with Crippen LogP contribution in [0.3, 0.4) is 0 Å². The molecule has 2 heteroatoms. The standard InChI is InChI=1S/C63H39NO/c1-2-17-44-40(15-1)16-11-23-46(44)49-26-13-24-47-45(22-12-25-48(47)49)41-33-35-42(36-34-41)64(43-37-38-61-54(39-43)52-20-6-10-32-60(52)65-61)59-31-14-30-58-62(59)53-21-5-9-29-57(53)63(58)55-27-7-3-18-50(55)51-19-4-8-28-56(51)63/h1-39H. The van der Waals surface area contributed by atoms with Crippen molar-refractivity contribution in [3.63, 3.8) is 0 Å². The minimum atomic E-state index is -0.450. The smallest absolute Gasteiger partial charge is 0.135 e. The maximum atomic E-state index is 6.39. The molecule has 0 amide bonds. The molecule has 0 saturated carbocycles. The minimum absolute atomic E-state index is 0.450. The monoisotopic (exact) mass is 825 g/mol. The molecule has 2 nitrogen and oxygen atoms in total. The average molecular weight is 826 g/mol. The van der Waals surface area contributed by atoms with Crippen LogP contribution in [0.4, 0.5) is 17.1 Å². The van der Waals surface area contributed by atoms with Crippen LogP contribution in [0.15, 0.2) is 241 Å². The molecule has 14 rings (SSSR count). The van der Waals surface area contributed by atoms with E-state index in [0.29, 0.717) is 0 Å². The predicted octanol–water partition coefficient (Wildman–Crippen LogP) is 17.0. The summed E-state index contributed by atoms with van der Waals surface area (Å²) in [5.41, 5.74) is 19.9. The molecule has 1 spiro atoms. The van der Waals surface area contributed by atoms with Crippen molar-refractivity contribution in [2.75, 3.05) is 4.90 Å². The summed E-state index contributed by atoms with van der Waals surface area (Å²) in [6, 6.07) is 87.1. The Balaban J connectivity index is 0.979. The van der Waals surface area contributed by atoms with Gasteiger partial charge in [-0.1, -0.05) is 194 Å². The van der Waals surface area contributed by atoms with Gasteiger partial charge in [-0.15, -0.1) is 0 Å². The number of furan rings is 1. The van der Waals surface area contributed by atoms with Crippen LogP contribution in [0, 0.1) is 0 Å². The van der Waals surface area contributed by atoms with Gasteiger partial charge in [-0.25, -0.2) is 0 Å². The molecule has 65 heavy (non-hydrogen) atoms. The fourth-order valence-corrected chi connectivity index (χ4v) is 11.6. The van der Waals surface area contributed by atoms with Gasteiger partial charge in [0.1, 0.15) is 11.2 Å². The highest BCUT2D eigenvalue weighted by molar-refractivity contribution is 6.10.